The molecule has 0 spiro atoms. The predicted octanol–water partition coefficient (Wildman–Crippen LogP) is 1.54. The summed E-state index contributed by atoms with van der Waals surface area (Å²) in [6, 6.07) is 0. The predicted molar refractivity (Wildman–Crippen MR) is 71.6 cm³/mol. The number of carbonyl (C=O) groups excluding carboxylic acids is 1. The molecular weight excluding hydrogens is 246 g/mol. The zero-order valence-corrected chi connectivity index (χ0v) is 12.0. The molecule has 2 atom stereocenters. The molecule has 0 aliphatic heterocycles. The molecule has 1 saturated carbocycles. The lowest BCUT2D eigenvalue weighted by Gasteiger charge is -2.35. The first-order valence-electron chi connectivity index (χ1n) is 6.87. The minimum Gasteiger partial charge on any atom is -0.481 e. The summed E-state index contributed by atoms with van der Waals surface area (Å²) in [4.78, 5) is 22.7. The van der Waals surface area contributed by atoms with Crippen LogP contribution in [0.2, 0.25) is 0 Å². The summed E-state index contributed by atoms with van der Waals surface area (Å²) in [5, 5.41) is 22.0. The van der Waals surface area contributed by atoms with Crippen molar-refractivity contribution in [3.05, 3.63) is 0 Å². The average Bonchev–Trinajstić information content (AvgIpc) is 2.25. The summed E-state index contributed by atoms with van der Waals surface area (Å²) in [6.45, 7) is 5.35. The van der Waals surface area contributed by atoms with Crippen LogP contribution in [0.25, 0.3) is 0 Å². The van der Waals surface area contributed by atoms with Gasteiger partial charge in [-0.05, 0) is 32.6 Å². The van der Waals surface area contributed by atoms with Gasteiger partial charge < -0.3 is 15.5 Å². The Hall–Kier alpha value is -1.10. The van der Waals surface area contributed by atoms with Crippen LogP contribution < -0.4 is 5.32 Å². The second-order valence-corrected chi connectivity index (χ2v) is 6.57. The van der Waals surface area contributed by atoms with Crippen LogP contribution in [0.4, 0.5) is 0 Å². The molecule has 0 heterocycles. The fraction of sp³-hybridized carbons (Fsp3) is 0.857. The minimum absolute atomic E-state index is 0.0754. The Bertz CT molecular complexity index is 353. The second kappa shape index (κ2) is 5.90. The van der Waals surface area contributed by atoms with Crippen molar-refractivity contribution in [2.75, 3.05) is 6.54 Å². The average molecular weight is 271 g/mol. The van der Waals surface area contributed by atoms with E-state index in [0.29, 0.717) is 18.8 Å². The molecule has 5 heteroatoms. The quantitative estimate of drug-likeness (QED) is 0.708. The number of aliphatic carboxylic acids is 1. The van der Waals surface area contributed by atoms with E-state index in [0.717, 1.165) is 12.8 Å². The van der Waals surface area contributed by atoms with E-state index in [9.17, 15) is 14.7 Å². The Kier molecular flexibility index (Phi) is 4.96. The Morgan fingerprint density at radius 3 is 2.58 bits per heavy atom. The molecule has 0 radical (unpaired) electrons. The number of nitrogens with one attached hydrogen (secondary N) is 1. The zero-order valence-electron chi connectivity index (χ0n) is 12.0. The third kappa shape index (κ3) is 4.82. The van der Waals surface area contributed by atoms with Crippen molar-refractivity contribution in [2.45, 2.75) is 58.5 Å². The standard InChI is InChI=1S/C14H25NO4/c1-10-5-4-6-14(19,7-10)9-15-11(16)8-13(2,3)12(17)18/h10,19H,4-9H2,1-3H3,(H,15,16)(H,17,18). The van der Waals surface area contributed by atoms with Gasteiger partial charge in [0.2, 0.25) is 5.91 Å². The first kappa shape index (κ1) is 16.0. The molecule has 1 aliphatic carbocycles. The first-order valence-corrected chi connectivity index (χ1v) is 6.87. The van der Waals surface area contributed by atoms with E-state index >= 15 is 0 Å². The topological polar surface area (TPSA) is 86.6 Å². The number of rotatable bonds is 5. The second-order valence-electron chi connectivity index (χ2n) is 6.57. The van der Waals surface area contributed by atoms with Crippen LogP contribution in [0.5, 0.6) is 0 Å². The molecule has 0 saturated heterocycles. The summed E-state index contributed by atoms with van der Waals surface area (Å²) in [5.41, 5.74) is -1.91. The van der Waals surface area contributed by atoms with Crippen LogP contribution in [0.1, 0.15) is 52.9 Å². The fourth-order valence-corrected chi connectivity index (χ4v) is 2.60. The molecule has 3 N–H and O–H groups in total. The van der Waals surface area contributed by atoms with Gasteiger partial charge in [0.1, 0.15) is 0 Å². The van der Waals surface area contributed by atoms with Crippen LogP contribution >= 0.6 is 0 Å². The molecule has 1 amide bonds. The van der Waals surface area contributed by atoms with E-state index in [2.05, 4.69) is 12.2 Å². The van der Waals surface area contributed by atoms with Crippen molar-refractivity contribution >= 4 is 11.9 Å². The third-order valence-corrected chi connectivity index (χ3v) is 3.86. The first-order chi connectivity index (χ1) is 8.65. The zero-order chi connectivity index (χ0) is 14.7. The number of carboxylic acid groups (broad SMARTS) is 1. The summed E-state index contributed by atoms with van der Waals surface area (Å²) in [7, 11) is 0. The van der Waals surface area contributed by atoms with E-state index < -0.39 is 17.0 Å². The Morgan fingerprint density at radius 2 is 2.05 bits per heavy atom. The van der Waals surface area contributed by atoms with Gasteiger partial charge in [-0.2, -0.15) is 0 Å². The maximum atomic E-state index is 11.7. The molecule has 1 rings (SSSR count). The molecule has 1 aliphatic rings. The maximum Gasteiger partial charge on any atom is 0.309 e. The summed E-state index contributed by atoms with van der Waals surface area (Å²) in [6.07, 6.45) is 3.39. The number of aliphatic hydroxyl groups is 1. The van der Waals surface area contributed by atoms with Crippen LogP contribution in [0.15, 0.2) is 0 Å². The van der Waals surface area contributed by atoms with E-state index in [-0.39, 0.29) is 18.9 Å². The number of hydrogen-bond acceptors (Lipinski definition) is 3. The Labute approximate surface area is 114 Å². The van der Waals surface area contributed by atoms with Crippen molar-refractivity contribution < 1.29 is 19.8 Å². The smallest absolute Gasteiger partial charge is 0.309 e. The lowest BCUT2D eigenvalue weighted by atomic mass is 9.79. The van der Waals surface area contributed by atoms with Gasteiger partial charge >= 0.3 is 5.97 Å². The van der Waals surface area contributed by atoms with Gasteiger partial charge in [-0.25, -0.2) is 0 Å². The number of amides is 1. The van der Waals surface area contributed by atoms with Gasteiger partial charge in [0.15, 0.2) is 0 Å². The molecule has 0 aromatic rings. The van der Waals surface area contributed by atoms with Crippen molar-refractivity contribution in [1.82, 2.24) is 5.32 Å². The number of carboxylic acids is 1. The summed E-state index contributed by atoms with van der Waals surface area (Å²) in [5.74, 6) is -0.849. The van der Waals surface area contributed by atoms with Gasteiger partial charge in [0.05, 0.1) is 11.0 Å². The van der Waals surface area contributed by atoms with Crippen LogP contribution in [-0.2, 0) is 9.59 Å². The minimum atomic E-state index is -1.08. The highest BCUT2D eigenvalue weighted by atomic mass is 16.4. The SMILES string of the molecule is CC1CCCC(O)(CNC(=O)CC(C)(C)C(=O)O)C1. The lowest BCUT2D eigenvalue weighted by molar-refractivity contribution is -0.149. The van der Waals surface area contributed by atoms with Gasteiger partial charge in [-0.1, -0.05) is 19.8 Å². The van der Waals surface area contributed by atoms with Crippen LogP contribution in [0, 0.1) is 11.3 Å². The normalized spacial score (nSPS) is 27.9. The van der Waals surface area contributed by atoms with E-state index in [4.69, 9.17) is 5.11 Å². The molecule has 0 bridgehead atoms. The maximum absolute atomic E-state index is 11.7. The van der Waals surface area contributed by atoms with Crippen LogP contribution in [-0.4, -0.2) is 34.2 Å². The van der Waals surface area contributed by atoms with E-state index in [1.54, 1.807) is 0 Å². The highest BCUT2D eigenvalue weighted by Gasteiger charge is 2.34. The third-order valence-electron chi connectivity index (χ3n) is 3.86. The monoisotopic (exact) mass is 271 g/mol. The van der Waals surface area contributed by atoms with Crippen molar-refractivity contribution in [1.29, 1.82) is 0 Å². The molecule has 0 aromatic heterocycles. The van der Waals surface area contributed by atoms with E-state index in [1.165, 1.54) is 13.8 Å². The van der Waals surface area contributed by atoms with Crippen molar-refractivity contribution in [3.8, 4) is 0 Å². The van der Waals surface area contributed by atoms with Crippen molar-refractivity contribution in [2.24, 2.45) is 11.3 Å². The molecule has 110 valence electrons. The highest BCUT2D eigenvalue weighted by molar-refractivity contribution is 5.84. The number of carbonyl (C=O) groups is 2. The molecule has 1 fully saturated rings. The largest absolute Gasteiger partial charge is 0.481 e. The van der Waals surface area contributed by atoms with Crippen molar-refractivity contribution in [3.63, 3.8) is 0 Å². The van der Waals surface area contributed by atoms with Crippen LogP contribution in [0.3, 0.4) is 0 Å². The Morgan fingerprint density at radius 1 is 1.42 bits per heavy atom. The van der Waals surface area contributed by atoms with Gasteiger partial charge in [0.25, 0.3) is 0 Å². The summed E-state index contributed by atoms with van der Waals surface area (Å²) >= 11 is 0. The molecule has 0 aromatic carbocycles. The van der Waals surface area contributed by atoms with E-state index in [1.807, 2.05) is 0 Å². The Balaban J connectivity index is 2.44. The number of hydrogen-bond donors (Lipinski definition) is 3. The summed E-state index contributed by atoms with van der Waals surface area (Å²) < 4.78 is 0. The molecule has 5 nitrogen and oxygen atoms in total. The lowest BCUT2D eigenvalue weighted by Crippen LogP contribution is -2.46. The van der Waals surface area contributed by atoms with Gasteiger partial charge in [-0.15, -0.1) is 0 Å². The molecular formula is C14H25NO4. The van der Waals surface area contributed by atoms with Gasteiger partial charge in [0, 0.05) is 13.0 Å². The molecule has 19 heavy (non-hydrogen) atoms. The molecule has 2 unspecified atom stereocenters. The van der Waals surface area contributed by atoms with Gasteiger partial charge in [-0.3, -0.25) is 9.59 Å². The fourth-order valence-electron chi connectivity index (χ4n) is 2.60. The highest BCUT2D eigenvalue weighted by Crippen LogP contribution is 2.31.